The molecule has 4 rings (SSSR count). The molecule has 1 saturated heterocycles. The maximum Gasteiger partial charge on any atom is 0.325 e. The van der Waals surface area contributed by atoms with Crippen LogP contribution in [-0.2, 0) is 0 Å². The SMILES string of the molecule is COc1cccc(C(C)N2CCN(c3ccc(-c4cn[nH]c4)cc3)C2=O)c1. The van der Waals surface area contributed by atoms with E-state index in [9.17, 15) is 4.79 Å². The minimum absolute atomic E-state index is 0.0113. The van der Waals surface area contributed by atoms with Gasteiger partial charge >= 0.3 is 6.03 Å². The Labute approximate surface area is 158 Å². The molecule has 2 heterocycles. The van der Waals surface area contributed by atoms with Crippen molar-refractivity contribution >= 4 is 11.7 Å². The van der Waals surface area contributed by atoms with Gasteiger partial charge in [-0.15, -0.1) is 0 Å². The number of benzene rings is 2. The fourth-order valence-electron chi connectivity index (χ4n) is 3.48. The number of hydrogen-bond donors (Lipinski definition) is 1. The molecular weight excluding hydrogens is 340 g/mol. The minimum atomic E-state index is -0.0113. The number of urea groups is 1. The maximum absolute atomic E-state index is 13.0. The third-order valence-electron chi connectivity index (χ3n) is 5.10. The molecule has 1 atom stereocenters. The second-order valence-corrected chi connectivity index (χ2v) is 6.61. The number of aromatic nitrogens is 2. The summed E-state index contributed by atoms with van der Waals surface area (Å²) < 4.78 is 5.31. The summed E-state index contributed by atoms with van der Waals surface area (Å²) in [5, 5.41) is 6.79. The van der Waals surface area contributed by atoms with Crippen molar-refractivity contribution in [3.05, 3.63) is 66.5 Å². The molecule has 3 aromatic rings. The number of rotatable bonds is 5. The van der Waals surface area contributed by atoms with E-state index in [4.69, 9.17) is 4.74 Å². The molecule has 0 saturated carbocycles. The third kappa shape index (κ3) is 3.26. The fraction of sp³-hybridized carbons (Fsp3) is 0.238. The lowest BCUT2D eigenvalue weighted by molar-refractivity contribution is 0.205. The first-order chi connectivity index (χ1) is 13.2. The zero-order valence-electron chi connectivity index (χ0n) is 15.4. The van der Waals surface area contributed by atoms with Gasteiger partial charge in [-0.3, -0.25) is 10.00 Å². The topological polar surface area (TPSA) is 61.5 Å². The quantitative estimate of drug-likeness (QED) is 0.744. The predicted molar refractivity (Wildman–Crippen MR) is 105 cm³/mol. The highest BCUT2D eigenvalue weighted by Gasteiger charge is 2.33. The number of nitrogens with zero attached hydrogens (tertiary/aromatic N) is 3. The van der Waals surface area contributed by atoms with Gasteiger partial charge < -0.3 is 9.64 Å². The molecular formula is C21H22N4O2. The Balaban J connectivity index is 1.51. The van der Waals surface area contributed by atoms with E-state index >= 15 is 0 Å². The first-order valence-electron chi connectivity index (χ1n) is 8.98. The van der Waals surface area contributed by atoms with E-state index in [0.717, 1.165) is 28.1 Å². The summed E-state index contributed by atoms with van der Waals surface area (Å²) in [4.78, 5) is 16.7. The van der Waals surface area contributed by atoms with Crippen LogP contribution in [0.3, 0.4) is 0 Å². The summed E-state index contributed by atoms with van der Waals surface area (Å²) >= 11 is 0. The minimum Gasteiger partial charge on any atom is -0.497 e. The average molecular weight is 362 g/mol. The molecule has 1 fully saturated rings. The van der Waals surface area contributed by atoms with Gasteiger partial charge in [0.25, 0.3) is 0 Å². The molecule has 1 aliphatic rings. The normalized spacial score (nSPS) is 15.3. The second kappa shape index (κ2) is 7.15. The van der Waals surface area contributed by atoms with Gasteiger partial charge in [0.05, 0.1) is 19.3 Å². The Kier molecular flexibility index (Phi) is 4.54. The molecule has 0 spiro atoms. The van der Waals surface area contributed by atoms with Crippen LogP contribution in [0.5, 0.6) is 5.75 Å². The molecule has 0 radical (unpaired) electrons. The van der Waals surface area contributed by atoms with E-state index < -0.39 is 0 Å². The van der Waals surface area contributed by atoms with Gasteiger partial charge in [-0.25, -0.2) is 4.79 Å². The smallest absolute Gasteiger partial charge is 0.325 e. The highest BCUT2D eigenvalue weighted by molar-refractivity contribution is 5.94. The summed E-state index contributed by atoms with van der Waals surface area (Å²) in [6.07, 6.45) is 3.64. The molecule has 138 valence electrons. The van der Waals surface area contributed by atoms with Crippen molar-refractivity contribution in [2.75, 3.05) is 25.1 Å². The number of methoxy groups -OCH3 is 1. The van der Waals surface area contributed by atoms with Gasteiger partial charge in [0.1, 0.15) is 5.75 Å². The van der Waals surface area contributed by atoms with Crippen molar-refractivity contribution < 1.29 is 9.53 Å². The van der Waals surface area contributed by atoms with Crippen LogP contribution in [0.15, 0.2) is 60.9 Å². The van der Waals surface area contributed by atoms with Crippen LogP contribution >= 0.6 is 0 Å². The molecule has 0 aliphatic carbocycles. The number of carbonyl (C=O) groups excluding carboxylic acids is 1. The van der Waals surface area contributed by atoms with Crippen LogP contribution in [0.1, 0.15) is 18.5 Å². The molecule has 1 aliphatic heterocycles. The molecule has 6 nitrogen and oxygen atoms in total. The molecule has 1 N–H and O–H groups in total. The lowest BCUT2D eigenvalue weighted by Gasteiger charge is -2.25. The Morgan fingerprint density at radius 2 is 1.93 bits per heavy atom. The van der Waals surface area contributed by atoms with Crippen molar-refractivity contribution in [2.24, 2.45) is 0 Å². The zero-order valence-corrected chi connectivity index (χ0v) is 15.4. The van der Waals surface area contributed by atoms with Gasteiger partial charge in [-0.05, 0) is 42.3 Å². The highest BCUT2D eigenvalue weighted by Crippen LogP contribution is 2.30. The summed E-state index contributed by atoms with van der Waals surface area (Å²) in [5.41, 5.74) is 4.08. The largest absolute Gasteiger partial charge is 0.497 e. The van der Waals surface area contributed by atoms with E-state index in [-0.39, 0.29) is 12.1 Å². The number of carbonyl (C=O) groups is 1. The number of ether oxygens (including phenoxy) is 1. The zero-order chi connectivity index (χ0) is 18.8. The third-order valence-corrected chi connectivity index (χ3v) is 5.10. The highest BCUT2D eigenvalue weighted by atomic mass is 16.5. The Morgan fingerprint density at radius 1 is 1.11 bits per heavy atom. The van der Waals surface area contributed by atoms with E-state index in [2.05, 4.69) is 17.1 Å². The molecule has 1 unspecified atom stereocenters. The summed E-state index contributed by atoms with van der Waals surface area (Å²) in [5.74, 6) is 0.803. The van der Waals surface area contributed by atoms with Crippen molar-refractivity contribution in [3.8, 4) is 16.9 Å². The number of amides is 2. The number of anilines is 1. The van der Waals surface area contributed by atoms with Gasteiger partial charge in [0, 0.05) is 30.5 Å². The summed E-state index contributed by atoms with van der Waals surface area (Å²) in [7, 11) is 1.65. The Morgan fingerprint density at radius 3 is 2.63 bits per heavy atom. The molecule has 2 aromatic carbocycles. The van der Waals surface area contributed by atoms with E-state index in [1.54, 1.807) is 13.3 Å². The molecule has 6 heteroatoms. The van der Waals surface area contributed by atoms with Crippen molar-refractivity contribution in [1.82, 2.24) is 15.1 Å². The second-order valence-electron chi connectivity index (χ2n) is 6.61. The standard InChI is InChI=1S/C21H22N4O2/c1-15(17-4-3-5-20(12-17)27-2)24-10-11-25(21(24)26)19-8-6-16(7-9-19)18-13-22-23-14-18/h3-9,12-15H,10-11H2,1-2H3,(H,22,23). The van der Waals surface area contributed by atoms with Crippen LogP contribution in [0.2, 0.25) is 0 Å². The van der Waals surface area contributed by atoms with Crippen molar-refractivity contribution in [3.63, 3.8) is 0 Å². The lowest BCUT2D eigenvalue weighted by atomic mass is 10.1. The predicted octanol–water partition coefficient (Wildman–Crippen LogP) is 4.09. The first kappa shape index (κ1) is 17.1. The molecule has 1 aromatic heterocycles. The van der Waals surface area contributed by atoms with Gasteiger partial charge in [0.2, 0.25) is 0 Å². The number of hydrogen-bond acceptors (Lipinski definition) is 3. The molecule has 0 bridgehead atoms. The van der Waals surface area contributed by atoms with E-state index in [1.165, 1.54) is 0 Å². The Hall–Kier alpha value is -3.28. The molecule has 2 amide bonds. The monoisotopic (exact) mass is 362 g/mol. The lowest BCUT2D eigenvalue weighted by Crippen LogP contribution is -2.33. The molecule has 27 heavy (non-hydrogen) atoms. The van der Waals surface area contributed by atoms with Crippen LogP contribution in [0.25, 0.3) is 11.1 Å². The van der Waals surface area contributed by atoms with Crippen LogP contribution in [0.4, 0.5) is 10.5 Å². The van der Waals surface area contributed by atoms with Crippen LogP contribution in [0, 0.1) is 0 Å². The van der Waals surface area contributed by atoms with Gasteiger partial charge in [0.15, 0.2) is 0 Å². The fourth-order valence-corrected chi connectivity index (χ4v) is 3.48. The maximum atomic E-state index is 13.0. The number of nitrogens with one attached hydrogen (secondary N) is 1. The van der Waals surface area contributed by atoms with Crippen molar-refractivity contribution in [1.29, 1.82) is 0 Å². The Bertz CT molecular complexity index is 922. The summed E-state index contributed by atoms with van der Waals surface area (Å²) in [6.45, 7) is 3.43. The van der Waals surface area contributed by atoms with E-state index in [0.29, 0.717) is 13.1 Å². The van der Waals surface area contributed by atoms with E-state index in [1.807, 2.05) is 64.5 Å². The van der Waals surface area contributed by atoms with Gasteiger partial charge in [-0.2, -0.15) is 5.10 Å². The van der Waals surface area contributed by atoms with Crippen LogP contribution < -0.4 is 9.64 Å². The summed E-state index contributed by atoms with van der Waals surface area (Å²) in [6, 6.07) is 15.9. The van der Waals surface area contributed by atoms with Gasteiger partial charge in [-0.1, -0.05) is 24.3 Å². The number of H-pyrrole nitrogens is 1. The first-order valence-corrected chi connectivity index (χ1v) is 8.98. The average Bonchev–Trinajstić information content (AvgIpc) is 3.38. The van der Waals surface area contributed by atoms with Crippen LogP contribution in [-0.4, -0.2) is 41.3 Å². The number of aromatic amines is 1. The van der Waals surface area contributed by atoms with Crippen molar-refractivity contribution in [2.45, 2.75) is 13.0 Å².